The molecule has 0 atom stereocenters. The lowest BCUT2D eigenvalue weighted by molar-refractivity contribution is -0.383. The molecule has 0 amide bonds. The average Bonchev–Trinajstić information content (AvgIpc) is 2.27. The van der Waals surface area contributed by atoms with Crippen LogP contribution in [0.2, 0.25) is 0 Å². The second-order valence-corrected chi connectivity index (χ2v) is 3.06. The predicted octanol–water partition coefficient (Wildman–Crippen LogP) is 2.18. The molecule has 1 aromatic heterocycles. The van der Waals surface area contributed by atoms with Crippen LogP contribution in [0.1, 0.15) is 0 Å². The van der Waals surface area contributed by atoms with Gasteiger partial charge in [-0.15, -0.1) is 0 Å². The summed E-state index contributed by atoms with van der Waals surface area (Å²) >= 11 is 0. The molecule has 0 fully saturated rings. The highest BCUT2D eigenvalue weighted by atomic mass is 16.6. The zero-order valence-corrected chi connectivity index (χ0v) is 8.10. The molecular formula is C10H9N3O2. The monoisotopic (exact) mass is 203 g/mol. The highest BCUT2D eigenvalue weighted by molar-refractivity contribution is 5.98. The Labute approximate surface area is 85.9 Å². The summed E-state index contributed by atoms with van der Waals surface area (Å²) in [4.78, 5) is 14.4. The highest BCUT2D eigenvalue weighted by Gasteiger charge is 2.13. The van der Waals surface area contributed by atoms with Gasteiger partial charge in [0, 0.05) is 36.6 Å². The van der Waals surface area contributed by atoms with E-state index in [1.54, 1.807) is 31.6 Å². The van der Waals surface area contributed by atoms with Crippen LogP contribution < -0.4 is 5.32 Å². The summed E-state index contributed by atoms with van der Waals surface area (Å²) in [6, 6.07) is 4.82. The van der Waals surface area contributed by atoms with Gasteiger partial charge in [0.15, 0.2) is 0 Å². The Balaban J connectivity index is 2.83. The van der Waals surface area contributed by atoms with E-state index in [9.17, 15) is 10.1 Å². The molecule has 0 spiro atoms. The van der Waals surface area contributed by atoms with Crippen molar-refractivity contribution in [3.63, 3.8) is 0 Å². The molecule has 0 saturated heterocycles. The van der Waals surface area contributed by atoms with Crippen molar-refractivity contribution in [2.75, 3.05) is 12.4 Å². The number of hydrogen-bond acceptors (Lipinski definition) is 4. The fourth-order valence-corrected chi connectivity index (χ4v) is 1.55. The Bertz CT molecular complexity index is 525. The van der Waals surface area contributed by atoms with E-state index >= 15 is 0 Å². The van der Waals surface area contributed by atoms with Crippen molar-refractivity contribution in [1.82, 2.24) is 4.98 Å². The average molecular weight is 203 g/mol. The van der Waals surface area contributed by atoms with Gasteiger partial charge in [-0.2, -0.15) is 0 Å². The minimum atomic E-state index is -0.387. The largest absolute Gasteiger partial charge is 0.388 e. The molecule has 0 bridgehead atoms. The summed E-state index contributed by atoms with van der Waals surface area (Å²) in [5.41, 5.74) is 0.940. The number of non-ortho nitro benzene ring substituents is 1. The fraction of sp³-hybridized carbons (Fsp3) is 0.100. The van der Waals surface area contributed by atoms with E-state index < -0.39 is 0 Å². The second-order valence-electron chi connectivity index (χ2n) is 3.06. The quantitative estimate of drug-likeness (QED) is 0.600. The van der Waals surface area contributed by atoms with Crippen molar-refractivity contribution in [2.24, 2.45) is 0 Å². The molecule has 0 saturated carbocycles. The lowest BCUT2D eigenvalue weighted by atomic mass is 10.1. The Kier molecular flexibility index (Phi) is 2.21. The number of aromatic nitrogens is 1. The van der Waals surface area contributed by atoms with Crippen LogP contribution in [-0.2, 0) is 0 Å². The van der Waals surface area contributed by atoms with E-state index in [4.69, 9.17) is 0 Å². The molecular weight excluding hydrogens is 194 g/mol. The van der Waals surface area contributed by atoms with Gasteiger partial charge in [-0.25, -0.2) is 0 Å². The number of nitro benzene ring substituents is 1. The van der Waals surface area contributed by atoms with E-state index in [1.165, 1.54) is 6.07 Å². The lowest BCUT2D eigenvalue weighted by Gasteiger charge is -2.05. The topological polar surface area (TPSA) is 68.1 Å². The van der Waals surface area contributed by atoms with Crippen LogP contribution in [0.15, 0.2) is 30.6 Å². The zero-order chi connectivity index (χ0) is 10.8. The molecule has 0 radical (unpaired) electrons. The highest BCUT2D eigenvalue weighted by Crippen LogP contribution is 2.30. The van der Waals surface area contributed by atoms with Crippen molar-refractivity contribution < 1.29 is 4.92 Å². The van der Waals surface area contributed by atoms with E-state index in [0.717, 1.165) is 11.1 Å². The van der Waals surface area contributed by atoms with Gasteiger partial charge in [0.1, 0.15) is 0 Å². The first-order valence-corrected chi connectivity index (χ1v) is 4.43. The molecule has 15 heavy (non-hydrogen) atoms. The predicted molar refractivity (Wildman–Crippen MR) is 57.9 cm³/mol. The maximum Gasteiger partial charge on any atom is 0.277 e. The summed E-state index contributed by atoms with van der Waals surface area (Å²) in [7, 11) is 1.77. The van der Waals surface area contributed by atoms with Gasteiger partial charge in [-0.3, -0.25) is 15.1 Å². The van der Waals surface area contributed by atoms with Gasteiger partial charge in [-0.1, -0.05) is 0 Å². The van der Waals surface area contributed by atoms with Crippen LogP contribution in [0, 0.1) is 10.1 Å². The van der Waals surface area contributed by atoms with Crippen LogP contribution in [0.25, 0.3) is 10.8 Å². The van der Waals surface area contributed by atoms with Gasteiger partial charge < -0.3 is 5.32 Å². The Morgan fingerprint density at radius 1 is 1.33 bits per heavy atom. The Hall–Kier alpha value is -2.17. The van der Waals surface area contributed by atoms with Crippen LogP contribution in [0.4, 0.5) is 11.4 Å². The summed E-state index contributed by atoms with van der Waals surface area (Å²) < 4.78 is 0. The summed E-state index contributed by atoms with van der Waals surface area (Å²) in [6.45, 7) is 0. The number of nitro groups is 1. The number of pyridine rings is 1. The normalized spacial score (nSPS) is 10.2. The standard InChI is InChI=1S/C10H9N3O2/c1-11-9-2-3-10(13(14)15)7-4-5-12-6-8(7)9/h2-6,11H,1H3. The molecule has 1 aromatic carbocycles. The van der Waals surface area contributed by atoms with E-state index in [0.29, 0.717) is 5.39 Å². The minimum Gasteiger partial charge on any atom is -0.388 e. The van der Waals surface area contributed by atoms with Crippen LogP contribution in [0.5, 0.6) is 0 Å². The summed E-state index contributed by atoms with van der Waals surface area (Å²) in [5, 5.41) is 15.1. The number of rotatable bonds is 2. The number of fused-ring (bicyclic) bond motifs is 1. The van der Waals surface area contributed by atoms with Crippen molar-refractivity contribution >= 4 is 22.1 Å². The maximum atomic E-state index is 10.8. The number of nitrogens with one attached hydrogen (secondary N) is 1. The molecule has 0 aliphatic rings. The van der Waals surface area contributed by atoms with E-state index in [2.05, 4.69) is 10.3 Å². The van der Waals surface area contributed by atoms with Gasteiger partial charge in [0.05, 0.1) is 10.3 Å². The SMILES string of the molecule is CNc1ccc([N+](=O)[O-])c2ccncc12. The molecule has 5 nitrogen and oxygen atoms in total. The Morgan fingerprint density at radius 3 is 2.80 bits per heavy atom. The van der Waals surface area contributed by atoms with E-state index in [-0.39, 0.29) is 10.6 Å². The first-order chi connectivity index (χ1) is 7.24. The molecule has 5 heteroatoms. The fourth-order valence-electron chi connectivity index (χ4n) is 1.55. The molecule has 0 unspecified atom stereocenters. The smallest absolute Gasteiger partial charge is 0.277 e. The third kappa shape index (κ3) is 1.48. The third-order valence-corrected chi connectivity index (χ3v) is 2.26. The maximum absolute atomic E-state index is 10.8. The van der Waals surface area contributed by atoms with Gasteiger partial charge in [0.2, 0.25) is 0 Å². The number of hydrogen-bond donors (Lipinski definition) is 1. The third-order valence-electron chi connectivity index (χ3n) is 2.26. The number of anilines is 1. The van der Waals surface area contributed by atoms with Crippen molar-refractivity contribution in [3.8, 4) is 0 Å². The number of benzene rings is 1. The minimum absolute atomic E-state index is 0.103. The van der Waals surface area contributed by atoms with Crippen molar-refractivity contribution in [1.29, 1.82) is 0 Å². The van der Waals surface area contributed by atoms with Crippen LogP contribution in [-0.4, -0.2) is 17.0 Å². The van der Waals surface area contributed by atoms with Crippen LogP contribution >= 0.6 is 0 Å². The van der Waals surface area contributed by atoms with E-state index in [1.807, 2.05) is 0 Å². The molecule has 1 N–H and O–H groups in total. The van der Waals surface area contributed by atoms with Crippen molar-refractivity contribution in [3.05, 3.63) is 40.7 Å². The molecule has 0 aliphatic carbocycles. The zero-order valence-electron chi connectivity index (χ0n) is 8.10. The summed E-state index contributed by atoms with van der Waals surface area (Å²) in [5.74, 6) is 0. The first-order valence-electron chi connectivity index (χ1n) is 4.43. The lowest BCUT2D eigenvalue weighted by Crippen LogP contribution is -1.94. The number of nitrogens with zero attached hydrogens (tertiary/aromatic N) is 2. The van der Waals surface area contributed by atoms with Gasteiger partial charge >= 0.3 is 0 Å². The van der Waals surface area contributed by atoms with Crippen molar-refractivity contribution in [2.45, 2.75) is 0 Å². The summed E-state index contributed by atoms with van der Waals surface area (Å²) in [6.07, 6.45) is 3.17. The van der Waals surface area contributed by atoms with Crippen LogP contribution in [0.3, 0.4) is 0 Å². The van der Waals surface area contributed by atoms with Gasteiger partial charge in [-0.05, 0) is 12.1 Å². The molecule has 2 aromatic rings. The molecule has 1 heterocycles. The molecule has 0 aliphatic heterocycles. The molecule has 76 valence electrons. The Morgan fingerprint density at radius 2 is 2.13 bits per heavy atom. The van der Waals surface area contributed by atoms with Gasteiger partial charge in [0.25, 0.3) is 5.69 Å². The molecule has 2 rings (SSSR count). The first kappa shape index (κ1) is 9.39. The second kappa shape index (κ2) is 3.53.